The molecule has 30 heavy (non-hydrogen) atoms. The summed E-state index contributed by atoms with van der Waals surface area (Å²) in [5.41, 5.74) is 4.42. The number of halogens is 2. The van der Waals surface area contributed by atoms with Gasteiger partial charge in [-0.25, -0.2) is 0 Å². The van der Waals surface area contributed by atoms with Crippen LogP contribution in [0, 0.1) is 13.8 Å². The Kier molecular flexibility index (Phi) is 5.71. The Morgan fingerprint density at radius 2 is 1.90 bits per heavy atom. The van der Waals surface area contributed by atoms with E-state index in [1.165, 1.54) is 0 Å². The lowest BCUT2D eigenvalue weighted by molar-refractivity contribution is 0.393. The molecule has 0 aliphatic carbocycles. The number of benzene rings is 2. The summed E-state index contributed by atoms with van der Waals surface area (Å²) >= 11 is 9.41. The normalized spacial score (nSPS) is 11.2. The lowest BCUT2D eigenvalue weighted by atomic mass is 10.0. The van der Waals surface area contributed by atoms with Crippen LogP contribution in [-0.4, -0.2) is 16.8 Å². The van der Waals surface area contributed by atoms with E-state index in [1.807, 2.05) is 56.3 Å². The summed E-state index contributed by atoms with van der Waals surface area (Å²) < 4.78 is 13.3. The molecule has 5 nitrogen and oxygen atoms in total. The predicted molar refractivity (Wildman–Crippen MR) is 123 cm³/mol. The average molecular weight is 488 g/mol. The van der Waals surface area contributed by atoms with Crippen molar-refractivity contribution in [3.05, 3.63) is 79.3 Å². The zero-order valence-corrected chi connectivity index (χ0v) is 19.2. The molecule has 0 bridgehead atoms. The summed E-state index contributed by atoms with van der Waals surface area (Å²) in [6.07, 6.45) is 0.705. The topological polar surface area (TPSA) is 57.3 Å². The second-order valence-corrected chi connectivity index (χ2v) is 8.43. The number of aromatic nitrogens is 2. The largest absolute Gasteiger partial charge is 0.496 e. The first-order valence-electron chi connectivity index (χ1n) is 9.48. The van der Waals surface area contributed by atoms with Gasteiger partial charge in [-0.3, -0.25) is 4.79 Å². The van der Waals surface area contributed by atoms with Crippen molar-refractivity contribution in [2.45, 2.75) is 26.8 Å². The van der Waals surface area contributed by atoms with Gasteiger partial charge in [0.05, 0.1) is 28.4 Å². The summed E-state index contributed by atoms with van der Waals surface area (Å²) in [5, 5.41) is 5.68. The number of nitrogens with zero attached hydrogens (tertiary/aromatic N) is 2. The molecule has 2 aromatic heterocycles. The van der Waals surface area contributed by atoms with Crippen molar-refractivity contribution in [1.82, 2.24) is 9.72 Å². The van der Waals surface area contributed by atoms with E-state index in [4.69, 9.17) is 20.9 Å². The molecule has 2 heterocycles. The molecule has 4 rings (SSSR count). The van der Waals surface area contributed by atoms with Crippen molar-refractivity contribution in [1.29, 1.82) is 0 Å². The van der Waals surface area contributed by atoms with E-state index in [1.54, 1.807) is 11.7 Å². The van der Waals surface area contributed by atoms with Crippen molar-refractivity contribution in [3.63, 3.8) is 0 Å². The minimum atomic E-state index is -0.0800. The van der Waals surface area contributed by atoms with Gasteiger partial charge in [0.2, 0.25) is 0 Å². The summed E-state index contributed by atoms with van der Waals surface area (Å²) in [6, 6.07) is 13.4. The van der Waals surface area contributed by atoms with E-state index in [2.05, 4.69) is 21.1 Å². The van der Waals surface area contributed by atoms with Gasteiger partial charge in [0, 0.05) is 28.6 Å². The molecule has 0 radical (unpaired) electrons. The molecule has 0 amide bonds. The van der Waals surface area contributed by atoms with Gasteiger partial charge in [-0.2, -0.15) is 0 Å². The number of pyridine rings is 1. The molecule has 0 fully saturated rings. The van der Waals surface area contributed by atoms with Crippen molar-refractivity contribution in [2.75, 3.05) is 7.11 Å². The molecule has 0 aliphatic heterocycles. The lowest BCUT2D eigenvalue weighted by Gasteiger charge is -2.15. The van der Waals surface area contributed by atoms with Crippen LogP contribution in [0.15, 0.2) is 56.3 Å². The maximum Gasteiger partial charge on any atom is 0.265 e. The van der Waals surface area contributed by atoms with Crippen LogP contribution >= 0.6 is 27.5 Å². The smallest absolute Gasteiger partial charge is 0.265 e. The lowest BCUT2D eigenvalue weighted by Crippen LogP contribution is -2.22. The van der Waals surface area contributed by atoms with Crippen molar-refractivity contribution in [3.8, 4) is 16.9 Å². The minimum absolute atomic E-state index is 0.0800. The predicted octanol–water partition coefficient (Wildman–Crippen LogP) is 5.94. The fourth-order valence-electron chi connectivity index (χ4n) is 3.72. The Balaban J connectivity index is 1.85. The van der Waals surface area contributed by atoms with Crippen LogP contribution in [0.1, 0.15) is 17.0 Å². The van der Waals surface area contributed by atoms with Crippen LogP contribution < -0.4 is 10.3 Å². The van der Waals surface area contributed by atoms with E-state index < -0.39 is 0 Å². The van der Waals surface area contributed by atoms with Crippen molar-refractivity contribution < 1.29 is 9.26 Å². The van der Waals surface area contributed by atoms with Gasteiger partial charge in [-0.05, 0) is 66.0 Å². The molecular formula is C23H20BrClN2O3. The average Bonchev–Trinajstić information content (AvgIpc) is 3.07. The van der Waals surface area contributed by atoms with E-state index in [9.17, 15) is 4.79 Å². The molecule has 0 saturated carbocycles. The third kappa shape index (κ3) is 3.77. The highest BCUT2D eigenvalue weighted by Crippen LogP contribution is 2.37. The fraction of sp³-hybridized carbons (Fsp3) is 0.217. The molecule has 2 aromatic carbocycles. The van der Waals surface area contributed by atoms with Gasteiger partial charge in [-0.15, -0.1) is 0 Å². The van der Waals surface area contributed by atoms with Gasteiger partial charge in [0.1, 0.15) is 11.5 Å². The Bertz CT molecular complexity index is 1270. The Hall–Kier alpha value is -2.57. The van der Waals surface area contributed by atoms with Crippen LogP contribution in [0.2, 0.25) is 5.02 Å². The first-order chi connectivity index (χ1) is 14.4. The number of rotatable bonds is 5. The van der Waals surface area contributed by atoms with Crippen molar-refractivity contribution in [2.24, 2.45) is 0 Å². The second-order valence-electron chi connectivity index (χ2n) is 7.14. The number of ether oxygens (including phenoxy) is 1. The van der Waals surface area contributed by atoms with E-state index >= 15 is 0 Å². The molecule has 154 valence electrons. The minimum Gasteiger partial charge on any atom is -0.496 e. The maximum atomic E-state index is 12.9. The molecule has 0 aliphatic rings. The van der Waals surface area contributed by atoms with Crippen molar-refractivity contribution >= 4 is 38.4 Å². The molecule has 0 spiro atoms. The number of fused-ring (bicyclic) bond motifs is 1. The van der Waals surface area contributed by atoms with Crippen LogP contribution in [0.4, 0.5) is 0 Å². The first kappa shape index (κ1) is 20.7. The van der Waals surface area contributed by atoms with Crippen LogP contribution in [0.5, 0.6) is 5.75 Å². The third-order valence-corrected chi connectivity index (χ3v) is 6.03. The Morgan fingerprint density at radius 3 is 2.53 bits per heavy atom. The summed E-state index contributed by atoms with van der Waals surface area (Å²) in [6.45, 7) is 4.31. The molecule has 7 heteroatoms. The molecule has 0 unspecified atom stereocenters. The standard InChI is InChI=1S/C23H20BrClN2O3/c1-13-22(14(2)30-26-13)18-10-16-11-19(24)23(28)27(20(16)12-21(18)29-3)9-8-15-4-6-17(25)7-5-15/h4-7,10-12H,8-9H2,1-3H3. The van der Waals surface area contributed by atoms with Crippen LogP contribution in [-0.2, 0) is 13.0 Å². The van der Waals surface area contributed by atoms with Crippen LogP contribution in [0.3, 0.4) is 0 Å². The molecule has 0 saturated heterocycles. The fourth-order valence-corrected chi connectivity index (χ4v) is 4.30. The second kappa shape index (κ2) is 8.28. The highest BCUT2D eigenvalue weighted by atomic mass is 79.9. The summed E-state index contributed by atoms with van der Waals surface area (Å²) in [7, 11) is 1.62. The number of hydrogen-bond donors (Lipinski definition) is 0. The highest BCUT2D eigenvalue weighted by Gasteiger charge is 2.19. The third-order valence-electron chi connectivity index (χ3n) is 5.21. The molecule has 0 N–H and O–H groups in total. The quantitative estimate of drug-likeness (QED) is 0.349. The Morgan fingerprint density at radius 1 is 1.17 bits per heavy atom. The zero-order chi connectivity index (χ0) is 21.4. The van der Waals surface area contributed by atoms with E-state index in [-0.39, 0.29) is 5.56 Å². The van der Waals surface area contributed by atoms with Crippen LogP contribution in [0.25, 0.3) is 22.0 Å². The van der Waals surface area contributed by atoms with Gasteiger partial charge in [-0.1, -0.05) is 28.9 Å². The van der Waals surface area contributed by atoms with E-state index in [0.717, 1.165) is 39.0 Å². The van der Waals surface area contributed by atoms with E-state index in [0.29, 0.717) is 28.2 Å². The molecular weight excluding hydrogens is 468 g/mol. The molecule has 4 aromatic rings. The first-order valence-corrected chi connectivity index (χ1v) is 10.6. The van der Waals surface area contributed by atoms with Gasteiger partial charge in [0.25, 0.3) is 5.56 Å². The van der Waals surface area contributed by atoms with Gasteiger partial charge >= 0.3 is 0 Å². The maximum absolute atomic E-state index is 12.9. The SMILES string of the molecule is COc1cc2c(cc1-c1c(C)noc1C)cc(Br)c(=O)n2CCc1ccc(Cl)cc1. The number of hydrogen-bond acceptors (Lipinski definition) is 4. The molecule has 0 atom stereocenters. The number of methoxy groups -OCH3 is 1. The van der Waals surface area contributed by atoms with Gasteiger partial charge < -0.3 is 13.8 Å². The Labute approximate surface area is 187 Å². The zero-order valence-electron chi connectivity index (χ0n) is 16.8. The summed E-state index contributed by atoms with van der Waals surface area (Å²) in [5.74, 6) is 1.39. The highest BCUT2D eigenvalue weighted by molar-refractivity contribution is 9.10. The number of aryl methyl sites for hydroxylation is 4. The summed E-state index contributed by atoms with van der Waals surface area (Å²) in [4.78, 5) is 12.9. The monoisotopic (exact) mass is 486 g/mol. The van der Waals surface area contributed by atoms with Gasteiger partial charge in [0.15, 0.2) is 0 Å².